The van der Waals surface area contributed by atoms with E-state index in [0.29, 0.717) is 16.6 Å². The van der Waals surface area contributed by atoms with E-state index >= 15 is 0 Å². The molecule has 1 saturated heterocycles. The lowest BCUT2D eigenvalue weighted by Crippen LogP contribution is -2.39. The molecule has 4 rings (SSSR count). The molecule has 2 aromatic heterocycles. The van der Waals surface area contributed by atoms with Crippen molar-refractivity contribution < 1.29 is 4.74 Å². The van der Waals surface area contributed by atoms with Gasteiger partial charge in [-0.05, 0) is 17.7 Å². The predicted octanol–water partition coefficient (Wildman–Crippen LogP) is 2.93. The lowest BCUT2D eigenvalue weighted by molar-refractivity contribution is 0.0398. The van der Waals surface area contributed by atoms with Gasteiger partial charge in [0.25, 0.3) is 0 Å². The number of rotatable bonds is 6. The number of halogens is 2. The van der Waals surface area contributed by atoms with Crippen LogP contribution in [0.2, 0.25) is 10.0 Å². The van der Waals surface area contributed by atoms with E-state index in [1.165, 1.54) is 0 Å². The van der Waals surface area contributed by atoms with E-state index in [-0.39, 0.29) is 0 Å². The van der Waals surface area contributed by atoms with Gasteiger partial charge in [-0.15, -0.1) is 0 Å². The van der Waals surface area contributed by atoms with E-state index in [1.54, 1.807) is 18.6 Å². The van der Waals surface area contributed by atoms with Gasteiger partial charge in [0, 0.05) is 36.2 Å². The fraction of sp³-hybridized carbons (Fsp3) is 0.389. The van der Waals surface area contributed by atoms with E-state index in [4.69, 9.17) is 27.9 Å². The van der Waals surface area contributed by atoms with E-state index in [2.05, 4.69) is 25.3 Å². The summed E-state index contributed by atoms with van der Waals surface area (Å²) in [4.78, 5) is 11.1. The van der Waals surface area contributed by atoms with Crippen molar-refractivity contribution in [1.82, 2.24) is 24.6 Å². The van der Waals surface area contributed by atoms with E-state index in [9.17, 15) is 0 Å². The van der Waals surface area contributed by atoms with Gasteiger partial charge in [-0.3, -0.25) is 4.90 Å². The lowest BCUT2D eigenvalue weighted by atomic mass is 10.2. The van der Waals surface area contributed by atoms with Gasteiger partial charge in [0.05, 0.1) is 31.3 Å². The van der Waals surface area contributed by atoms with Crippen LogP contribution in [0.5, 0.6) is 0 Å². The van der Waals surface area contributed by atoms with Crippen LogP contribution in [-0.4, -0.2) is 64.0 Å². The molecule has 9 heteroatoms. The third kappa shape index (κ3) is 4.32. The van der Waals surface area contributed by atoms with Gasteiger partial charge < -0.3 is 10.1 Å². The van der Waals surface area contributed by atoms with Crippen molar-refractivity contribution in [3.63, 3.8) is 0 Å². The lowest BCUT2D eigenvalue weighted by Gasteiger charge is -2.26. The first-order chi connectivity index (χ1) is 13.2. The molecule has 3 heterocycles. The number of benzene rings is 1. The zero-order valence-corrected chi connectivity index (χ0v) is 16.2. The largest absolute Gasteiger partial charge is 0.379 e. The van der Waals surface area contributed by atoms with Gasteiger partial charge in [-0.2, -0.15) is 5.10 Å². The molecule has 1 aliphatic rings. The topological polar surface area (TPSA) is 68.1 Å². The van der Waals surface area contributed by atoms with Crippen LogP contribution >= 0.6 is 23.2 Å². The highest BCUT2D eigenvalue weighted by Gasteiger charge is 2.13. The van der Waals surface area contributed by atoms with Crippen LogP contribution in [0.25, 0.3) is 11.0 Å². The maximum absolute atomic E-state index is 6.29. The first kappa shape index (κ1) is 18.4. The summed E-state index contributed by atoms with van der Waals surface area (Å²) in [6.07, 6.45) is 3.34. The Morgan fingerprint density at radius 3 is 2.81 bits per heavy atom. The molecule has 0 atom stereocenters. The monoisotopic (exact) mass is 406 g/mol. The van der Waals surface area contributed by atoms with Gasteiger partial charge >= 0.3 is 0 Å². The number of morpholine rings is 1. The Hall–Kier alpha value is -1.93. The van der Waals surface area contributed by atoms with Crippen molar-refractivity contribution in [2.24, 2.45) is 0 Å². The van der Waals surface area contributed by atoms with Gasteiger partial charge in [0.2, 0.25) is 0 Å². The summed E-state index contributed by atoms with van der Waals surface area (Å²) in [5.41, 5.74) is 1.70. The Morgan fingerprint density at radius 2 is 2.00 bits per heavy atom. The molecular weight excluding hydrogens is 387 g/mol. The highest BCUT2D eigenvalue weighted by Crippen LogP contribution is 2.24. The highest BCUT2D eigenvalue weighted by molar-refractivity contribution is 6.35. The first-order valence-corrected chi connectivity index (χ1v) is 9.61. The molecule has 3 aromatic rings. The SMILES string of the molecule is Clc1ccc(Cn2ncc3c(NCCN4CCOCC4)ncnc32)c(Cl)c1. The minimum Gasteiger partial charge on any atom is -0.379 e. The molecule has 0 unspecified atom stereocenters. The summed E-state index contributed by atoms with van der Waals surface area (Å²) in [7, 11) is 0. The van der Waals surface area contributed by atoms with Gasteiger partial charge in [0.15, 0.2) is 5.65 Å². The molecule has 0 spiro atoms. The molecule has 0 radical (unpaired) electrons. The Balaban J connectivity index is 1.47. The maximum Gasteiger partial charge on any atom is 0.163 e. The van der Waals surface area contributed by atoms with Crippen LogP contribution in [0.15, 0.2) is 30.7 Å². The maximum atomic E-state index is 6.29. The van der Waals surface area contributed by atoms with Gasteiger partial charge in [-0.1, -0.05) is 29.3 Å². The van der Waals surface area contributed by atoms with Crippen LogP contribution in [0.1, 0.15) is 5.56 Å². The van der Waals surface area contributed by atoms with Crippen LogP contribution in [-0.2, 0) is 11.3 Å². The Morgan fingerprint density at radius 1 is 1.15 bits per heavy atom. The summed E-state index contributed by atoms with van der Waals surface area (Å²) in [6, 6.07) is 5.46. The first-order valence-electron chi connectivity index (χ1n) is 8.85. The molecular formula is C18H20Cl2N6O. The van der Waals surface area contributed by atoms with E-state index in [1.807, 2.05) is 16.8 Å². The van der Waals surface area contributed by atoms with Crippen molar-refractivity contribution >= 4 is 40.1 Å². The standard InChI is InChI=1S/C18H20Cl2N6O/c19-14-2-1-13(16(20)9-14)11-26-18-15(10-24-26)17(22-12-23-18)21-3-4-25-5-7-27-8-6-25/h1-2,9-10,12H,3-8,11H2,(H,21,22,23). The van der Waals surface area contributed by atoms with Crippen molar-refractivity contribution in [2.45, 2.75) is 6.54 Å². The second kappa shape index (κ2) is 8.39. The Bertz CT molecular complexity index is 925. The molecule has 1 N–H and O–H groups in total. The molecule has 0 bridgehead atoms. The Kier molecular flexibility index (Phi) is 5.73. The van der Waals surface area contributed by atoms with Crippen LogP contribution < -0.4 is 5.32 Å². The number of nitrogens with one attached hydrogen (secondary N) is 1. The Labute approximate surface area is 167 Å². The quantitative estimate of drug-likeness (QED) is 0.678. The minimum atomic E-state index is 0.518. The molecule has 1 fully saturated rings. The molecule has 1 aliphatic heterocycles. The zero-order chi connectivity index (χ0) is 18.6. The van der Waals surface area contributed by atoms with Crippen LogP contribution in [0.3, 0.4) is 0 Å². The summed E-state index contributed by atoms with van der Waals surface area (Å²) in [5.74, 6) is 0.793. The number of hydrogen-bond acceptors (Lipinski definition) is 6. The number of nitrogens with zero attached hydrogens (tertiary/aromatic N) is 5. The van der Waals surface area contributed by atoms with Crippen molar-refractivity contribution in [3.8, 4) is 0 Å². The second-order valence-corrected chi connectivity index (χ2v) is 7.22. The number of fused-ring (bicyclic) bond motifs is 1. The number of aromatic nitrogens is 4. The molecule has 1 aromatic carbocycles. The number of anilines is 1. The van der Waals surface area contributed by atoms with Crippen molar-refractivity contribution in [3.05, 3.63) is 46.3 Å². The molecule has 7 nitrogen and oxygen atoms in total. The average molecular weight is 407 g/mol. The molecule has 0 saturated carbocycles. The number of hydrogen-bond donors (Lipinski definition) is 1. The highest BCUT2D eigenvalue weighted by atomic mass is 35.5. The van der Waals surface area contributed by atoms with Crippen LogP contribution in [0, 0.1) is 0 Å². The second-order valence-electron chi connectivity index (χ2n) is 6.38. The van der Waals surface area contributed by atoms with Gasteiger partial charge in [0.1, 0.15) is 12.1 Å². The molecule has 0 amide bonds. The zero-order valence-electron chi connectivity index (χ0n) is 14.7. The number of ether oxygens (including phenoxy) is 1. The van der Waals surface area contributed by atoms with E-state index in [0.717, 1.165) is 61.8 Å². The fourth-order valence-corrected chi connectivity index (χ4v) is 3.59. The molecule has 142 valence electrons. The predicted molar refractivity (Wildman–Crippen MR) is 107 cm³/mol. The smallest absolute Gasteiger partial charge is 0.163 e. The fourth-order valence-electron chi connectivity index (χ4n) is 3.12. The summed E-state index contributed by atoms with van der Waals surface area (Å²) < 4.78 is 7.20. The van der Waals surface area contributed by atoms with Gasteiger partial charge in [-0.25, -0.2) is 14.6 Å². The summed E-state index contributed by atoms with van der Waals surface area (Å²) in [5, 5.41) is 9.99. The third-order valence-electron chi connectivity index (χ3n) is 4.59. The molecule has 27 heavy (non-hydrogen) atoms. The summed E-state index contributed by atoms with van der Waals surface area (Å²) >= 11 is 12.3. The minimum absolute atomic E-state index is 0.518. The normalized spacial score (nSPS) is 15.3. The van der Waals surface area contributed by atoms with E-state index < -0.39 is 0 Å². The third-order valence-corrected chi connectivity index (χ3v) is 5.18. The van der Waals surface area contributed by atoms with Crippen molar-refractivity contribution in [2.75, 3.05) is 44.7 Å². The average Bonchev–Trinajstić information content (AvgIpc) is 3.09. The summed E-state index contributed by atoms with van der Waals surface area (Å²) in [6.45, 7) is 5.82. The van der Waals surface area contributed by atoms with Crippen molar-refractivity contribution in [1.29, 1.82) is 0 Å². The van der Waals surface area contributed by atoms with Crippen LogP contribution in [0.4, 0.5) is 5.82 Å². The molecule has 0 aliphatic carbocycles.